The third-order valence-corrected chi connectivity index (χ3v) is 5.69. The van der Waals surface area contributed by atoms with E-state index in [9.17, 15) is 14.7 Å². The highest BCUT2D eigenvalue weighted by Crippen LogP contribution is 2.43. The van der Waals surface area contributed by atoms with Gasteiger partial charge in [-0.3, -0.25) is 14.5 Å². The van der Waals surface area contributed by atoms with Crippen LogP contribution in [0.3, 0.4) is 0 Å². The summed E-state index contributed by atoms with van der Waals surface area (Å²) in [5.74, 6) is -0.390. The molecule has 1 aliphatic rings. The second-order valence-electron chi connectivity index (χ2n) is 8.43. The fraction of sp³-hybridized carbons (Fsp3) is 0.214. The Balaban J connectivity index is 1.92. The van der Waals surface area contributed by atoms with Gasteiger partial charge in [0.1, 0.15) is 17.3 Å². The maximum Gasteiger partial charge on any atom is 0.300 e. The summed E-state index contributed by atoms with van der Waals surface area (Å²) in [6.07, 6.45) is -0.0435. The number of hydrogen-bond acceptors (Lipinski definition) is 5. The molecule has 3 aromatic carbocycles. The number of aliphatic hydroxyl groups is 1. The van der Waals surface area contributed by atoms with Crippen molar-refractivity contribution >= 4 is 23.1 Å². The molecule has 1 fully saturated rings. The van der Waals surface area contributed by atoms with Gasteiger partial charge in [0.25, 0.3) is 11.7 Å². The molecule has 174 valence electrons. The minimum atomic E-state index is -0.819. The van der Waals surface area contributed by atoms with E-state index in [2.05, 4.69) is 0 Å². The van der Waals surface area contributed by atoms with Crippen molar-refractivity contribution in [1.29, 1.82) is 0 Å². The summed E-state index contributed by atoms with van der Waals surface area (Å²) in [5, 5.41) is 11.3. The number of nitrogens with zero attached hydrogens (tertiary/aromatic N) is 1. The Morgan fingerprint density at radius 2 is 1.71 bits per heavy atom. The van der Waals surface area contributed by atoms with Crippen LogP contribution >= 0.6 is 0 Å². The van der Waals surface area contributed by atoms with Gasteiger partial charge in [-0.1, -0.05) is 30.3 Å². The topological polar surface area (TPSA) is 76.1 Å². The summed E-state index contributed by atoms with van der Waals surface area (Å²) in [5.41, 5.74) is 2.49. The van der Waals surface area contributed by atoms with E-state index in [1.165, 1.54) is 4.90 Å². The number of carbonyl (C=O) groups is 2. The molecule has 1 heterocycles. The van der Waals surface area contributed by atoms with Crippen LogP contribution in [0, 0.1) is 6.92 Å². The first kappa shape index (κ1) is 23.1. The zero-order valence-electron chi connectivity index (χ0n) is 19.6. The lowest BCUT2D eigenvalue weighted by molar-refractivity contribution is -0.132. The smallest absolute Gasteiger partial charge is 0.300 e. The first-order valence-corrected chi connectivity index (χ1v) is 11.1. The van der Waals surface area contributed by atoms with Gasteiger partial charge in [0, 0.05) is 11.3 Å². The second-order valence-corrected chi connectivity index (χ2v) is 8.43. The summed E-state index contributed by atoms with van der Waals surface area (Å²) < 4.78 is 11.2. The summed E-state index contributed by atoms with van der Waals surface area (Å²) in [4.78, 5) is 28.0. The fourth-order valence-electron chi connectivity index (χ4n) is 4.21. The zero-order valence-corrected chi connectivity index (χ0v) is 19.6. The van der Waals surface area contributed by atoms with Crippen molar-refractivity contribution in [3.8, 4) is 11.5 Å². The number of benzene rings is 3. The number of anilines is 1. The van der Waals surface area contributed by atoms with Crippen LogP contribution in [0.15, 0.2) is 78.4 Å². The Kier molecular flexibility index (Phi) is 6.41. The van der Waals surface area contributed by atoms with E-state index in [4.69, 9.17) is 9.47 Å². The number of methoxy groups -OCH3 is 1. The van der Waals surface area contributed by atoms with Crippen LogP contribution in [0.5, 0.6) is 11.5 Å². The first-order chi connectivity index (χ1) is 16.3. The zero-order chi connectivity index (χ0) is 24.4. The van der Waals surface area contributed by atoms with Crippen molar-refractivity contribution < 1.29 is 24.2 Å². The molecule has 1 unspecified atom stereocenters. The van der Waals surface area contributed by atoms with E-state index in [0.717, 1.165) is 5.56 Å². The van der Waals surface area contributed by atoms with Gasteiger partial charge in [-0.2, -0.15) is 0 Å². The lowest BCUT2D eigenvalue weighted by atomic mass is 9.94. The maximum absolute atomic E-state index is 13.3. The van der Waals surface area contributed by atoms with Crippen molar-refractivity contribution in [1.82, 2.24) is 0 Å². The van der Waals surface area contributed by atoms with Crippen LogP contribution in [0.4, 0.5) is 5.69 Å². The highest BCUT2D eigenvalue weighted by atomic mass is 16.5. The SMILES string of the molecule is COc1ccc(/C(O)=C2\C(=O)C(=O)N(c3ccccc3)C2c2cccc(OC(C)C)c2)cc1C. The molecule has 1 N–H and O–H groups in total. The normalized spacial score (nSPS) is 17.3. The number of Topliss-reactive ketones (excluding diaryl/α,β-unsaturated/α-hetero) is 1. The Labute approximate surface area is 199 Å². The summed E-state index contributed by atoms with van der Waals surface area (Å²) >= 11 is 0. The van der Waals surface area contributed by atoms with Gasteiger partial charge >= 0.3 is 0 Å². The summed E-state index contributed by atoms with van der Waals surface area (Å²) in [6.45, 7) is 5.70. The van der Waals surface area contributed by atoms with E-state index < -0.39 is 17.7 Å². The Hall–Kier alpha value is -4.06. The van der Waals surface area contributed by atoms with E-state index in [1.54, 1.807) is 55.6 Å². The molecule has 3 aromatic rings. The van der Waals surface area contributed by atoms with E-state index in [1.807, 2.05) is 45.0 Å². The molecule has 0 spiro atoms. The third kappa shape index (κ3) is 4.27. The Morgan fingerprint density at radius 1 is 0.971 bits per heavy atom. The quantitative estimate of drug-likeness (QED) is 0.304. The highest BCUT2D eigenvalue weighted by molar-refractivity contribution is 6.51. The van der Waals surface area contributed by atoms with E-state index in [0.29, 0.717) is 28.3 Å². The lowest BCUT2D eigenvalue weighted by Crippen LogP contribution is -2.29. The predicted molar refractivity (Wildman–Crippen MR) is 131 cm³/mol. The predicted octanol–water partition coefficient (Wildman–Crippen LogP) is 5.42. The number of rotatable bonds is 6. The molecule has 0 aliphatic carbocycles. The van der Waals surface area contributed by atoms with Gasteiger partial charge in [0.15, 0.2) is 0 Å². The number of aryl methyl sites for hydroxylation is 1. The van der Waals surface area contributed by atoms with Crippen LogP contribution in [0.2, 0.25) is 0 Å². The van der Waals surface area contributed by atoms with Crippen LogP contribution in [0.25, 0.3) is 5.76 Å². The molecule has 6 heteroatoms. The molecular weight excluding hydrogens is 430 g/mol. The Morgan fingerprint density at radius 3 is 2.35 bits per heavy atom. The van der Waals surface area contributed by atoms with Gasteiger partial charge in [-0.05, 0) is 74.4 Å². The molecule has 34 heavy (non-hydrogen) atoms. The van der Waals surface area contributed by atoms with E-state index in [-0.39, 0.29) is 17.4 Å². The molecule has 6 nitrogen and oxygen atoms in total. The standard InChI is InChI=1S/C28H27NO5/c1-17(2)34-22-12-8-9-19(16-22)25-24(26(30)20-13-14-23(33-4)18(3)15-20)27(31)28(32)29(25)21-10-6-5-7-11-21/h5-17,25,30H,1-4H3/b26-24+. The maximum atomic E-state index is 13.3. The van der Waals surface area contributed by atoms with Crippen LogP contribution in [-0.2, 0) is 9.59 Å². The molecule has 0 saturated carbocycles. The van der Waals surface area contributed by atoms with Crippen molar-refractivity contribution in [2.45, 2.75) is 32.9 Å². The number of hydrogen-bond donors (Lipinski definition) is 1. The molecule has 1 aliphatic heterocycles. The van der Waals surface area contributed by atoms with Crippen molar-refractivity contribution in [2.75, 3.05) is 12.0 Å². The van der Waals surface area contributed by atoms with Crippen molar-refractivity contribution in [3.63, 3.8) is 0 Å². The second kappa shape index (κ2) is 9.43. The number of aliphatic hydroxyl groups excluding tert-OH is 1. The average Bonchev–Trinajstić information content (AvgIpc) is 3.09. The average molecular weight is 458 g/mol. The fourth-order valence-corrected chi connectivity index (χ4v) is 4.21. The highest BCUT2D eigenvalue weighted by Gasteiger charge is 2.47. The van der Waals surface area contributed by atoms with Gasteiger partial charge in [0.05, 0.1) is 24.8 Å². The first-order valence-electron chi connectivity index (χ1n) is 11.1. The summed E-state index contributed by atoms with van der Waals surface area (Å²) in [6, 6.07) is 20.6. The lowest BCUT2D eigenvalue weighted by Gasteiger charge is -2.26. The van der Waals surface area contributed by atoms with Crippen LogP contribution < -0.4 is 14.4 Å². The number of carbonyl (C=O) groups excluding carboxylic acids is 2. The van der Waals surface area contributed by atoms with Gasteiger partial charge in [0.2, 0.25) is 0 Å². The van der Waals surface area contributed by atoms with E-state index >= 15 is 0 Å². The molecule has 1 saturated heterocycles. The molecule has 4 rings (SSSR count). The molecule has 1 atom stereocenters. The number of ketones is 1. The Bertz CT molecular complexity index is 1260. The molecule has 0 radical (unpaired) electrons. The molecule has 0 aromatic heterocycles. The third-order valence-electron chi connectivity index (χ3n) is 5.69. The van der Waals surface area contributed by atoms with Gasteiger partial charge in [-0.15, -0.1) is 0 Å². The summed E-state index contributed by atoms with van der Waals surface area (Å²) in [7, 11) is 1.57. The molecule has 1 amide bonds. The minimum Gasteiger partial charge on any atom is -0.507 e. The molecular formula is C28H27NO5. The van der Waals surface area contributed by atoms with Gasteiger partial charge < -0.3 is 14.6 Å². The number of amides is 1. The van der Waals surface area contributed by atoms with Crippen molar-refractivity contribution in [2.24, 2.45) is 0 Å². The number of ether oxygens (including phenoxy) is 2. The molecule has 0 bridgehead atoms. The monoisotopic (exact) mass is 457 g/mol. The van der Waals surface area contributed by atoms with Crippen LogP contribution in [0.1, 0.15) is 36.6 Å². The van der Waals surface area contributed by atoms with Gasteiger partial charge in [-0.25, -0.2) is 0 Å². The van der Waals surface area contributed by atoms with Crippen LogP contribution in [-0.4, -0.2) is 30.0 Å². The van der Waals surface area contributed by atoms with Crippen molar-refractivity contribution in [3.05, 3.63) is 95.1 Å². The number of para-hydroxylation sites is 1. The largest absolute Gasteiger partial charge is 0.507 e. The minimum absolute atomic E-state index is 0.0279.